The fraction of sp³-hybridized carbons (Fsp3) is 0.500. The highest BCUT2D eigenvalue weighted by molar-refractivity contribution is 5.85. The molecule has 166 valence electrons. The molecular weight excluding hydrogens is 424 g/mol. The van der Waals surface area contributed by atoms with Gasteiger partial charge in [0.25, 0.3) is 6.43 Å². The minimum Gasteiger partial charge on any atom is -0.371 e. The van der Waals surface area contributed by atoms with Crippen molar-refractivity contribution in [3.05, 3.63) is 52.1 Å². The van der Waals surface area contributed by atoms with Crippen LogP contribution >= 0.6 is 12.4 Å². The molecule has 0 bridgehead atoms. The SMILES string of the molecule is Cc1nc2c(c3c1CCNC3)CN(C(=O)[C@@H]1CCN(c3ccnc(C(F)F)c3)C1)C2.Cl. The number of anilines is 1. The number of fused-ring (bicyclic) bond motifs is 3. The Hall–Kier alpha value is -2.32. The second-order valence-electron chi connectivity index (χ2n) is 8.37. The number of carbonyl (C=O) groups is 1. The first-order valence-electron chi connectivity index (χ1n) is 10.5. The lowest BCUT2D eigenvalue weighted by molar-refractivity contribution is -0.135. The number of hydrogen-bond donors (Lipinski definition) is 1. The van der Waals surface area contributed by atoms with E-state index in [0.29, 0.717) is 31.9 Å². The monoisotopic (exact) mass is 449 g/mol. The van der Waals surface area contributed by atoms with Gasteiger partial charge < -0.3 is 15.1 Å². The van der Waals surface area contributed by atoms with Gasteiger partial charge >= 0.3 is 0 Å². The van der Waals surface area contributed by atoms with Crippen molar-refractivity contribution in [2.24, 2.45) is 5.92 Å². The van der Waals surface area contributed by atoms with Gasteiger partial charge in [0.2, 0.25) is 5.91 Å². The number of hydrogen-bond acceptors (Lipinski definition) is 5. The lowest BCUT2D eigenvalue weighted by Crippen LogP contribution is -2.34. The maximum absolute atomic E-state index is 13.2. The van der Waals surface area contributed by atoms with E-state index in [4.69, 9.17) is 4.98 Å². The van der Waals surface area contributed by atoms with Crippen molar-refractivity contribution in [3.8, 4) is 0 Å². The molecule has 31 heavy (non-hydrogen) atoms. The van der Waals surface area contributed by atoms with Crippen LogP contribution in [0.1, 0.15) is 46.6 Å². The molecule has 0 radical (unpaired) electrons. The molecule has 6 nitrogen and oxygen atoms in total. The summed E-state index contributed by atoms with van der Waals surface area (Å²) in [5.74, 6) is 0.00587. The number of nitrogens with zero attached hydrogens (tertiary/aromatic N) is 4. The molecule has 1 amide bonds. The van der Waals surface area contributed by atoms with Gasteiger partial charge in [-0.05, 0) is 55.1 Å². The zero-order chi connectivity index (χ0) is 20.8. The average Bonchev–Trinajstić information content (AvgIpc) is 3.41. The van der Waals surface area contributed by atoms with E-state index in [-0.39, 0.29) is 29.9 Å². The molecule has 0 unspecified atom stereocenters. The Labute approximate surface area is 186 Å². The predicted molar refractivity (Wildman–Crippen MR) is 115 cm³/mol. The quantitative estimate of drug-likeness (QED) is 0.780. The third-order valence-corrected chi connectivity index (χ3v) is 6.56. The van der Waals surface area contributed by atoms with E-state index in [2.05, 4.69) is 17.2 Å². The summed E-state index contributed by atoms with van der Waals surface area (Å²) in [4.78, 5) is 25.7. The van der Waals surface area contributed by atoms with Gasteiger partial charge in [-0.3, -0.25) is 14.8 Å². The summed E-state index contributed by atoms with van der Waals surface area (Å²) in [6.45, 7) is 6.28. The van der Waals surface area contributed by atoms with Crippen molar-refractivity contribution < 1.29 is 13.6 Å². The highest BCUT2D eigenvalue weighted by atomic mass is 35.5. The standard InChI is InChI=1S/C22H25F2N5O.ClH/c1-13-16-3-5-25-9-17(16)18-11-29(12-20(18)27-13)22(30)14-4-7-28(10-14)15-2-6-26-19(8-15)21(23)24;/h2,6,8,14,21,25H,3-5,7,9-12H2,1H3;1H/t14-;/m1./s1. The van der Waals surface area contributed by atoms with E-state index >= 15 is 0 Å². The van der Waals surface area contributed by atoms with Gasteiger partial charge in [-0.25, -0.2) is 8.78 Å². The summed E-state index contributed by atoms with van der Waals surface area (Å²) < 4.78 is 25.9. The van der Waals surface area contributed by atoms with E-state index in [1.165, 1.54) is 29.0 Å². The molecule has 1 atom stereocenters. The predicted octanol–water partition coefficient (Wildman–Crippen LogP) is 3.16. The molecule has 1 saturated heterocycles. The van der Waals surface area contributed by atoms with E-state index in [1.54, 1.807) is 6.07 Å². The largest absolute Gasteiger partial charge is 0.371 e. The Kier molecular flexibility index (Phi) is 6.12. The van der Waals surface area contributed by atoms with Crippen LogP contribution in [0.5, 0.6) is 0 Å². The highest BCUT2D eigenvalue weighted by Gasteiger charge is 2.36. The first kappa shape index (κ1) is 21.9. The van der Waals surface area contributed by atoms with Crippen molar-refractivity contribution in [3.63, 3.8) is 0 Å². The van der Waals surface area contributed by atoms with E-state index in [0.717, 1.165) is 37.3 Å². The van der Waals surface area contributed by atoms with Crippen LogP contribution in [0.2, 0.25) is 0 Å². The average molecular weight is 450 g/mol. The maximum Gasteiger partial charge on any atom is 0.280 e. The molecule has 0 spiro atoms. The molecule has 2 aromatic heterocycles. The molecule has 3 aliphatic rings. The molecule has 2 aromatic rings. The molecule has 0 aliphatic carbocycles. The number of nitrogens with one attached hydrogen (secondary N) is 1. The van der Waals surface area contributed by atoms with E-state index < -0.39 is 6.43 Å². The maximum atomic E-state index is 13.2. The first-order valence-corrected chi connectivity index (χ1v) is 10.5. The third-order valence-electron chi connectivity index (χ3n) is 6.56. The van der Waals surface area contributed by atoms with Crippen LogP contribution in [-0.4, -0.2) is 40.4 Å². The lowest BCUT2D eigenvalue weighted by Gasteiger charge is -2.23. The summed E-state index contributed by atoms with van der Waals surface area (Å²) in [5, 5.41) is 3.44. The van der Waals surface area contributed by atoms with Crippen LogP contribution in [-0.2, 0) is 30.8 Å². The van der Waals surface area contributed by atoms with Crippen LogP contribution in [0.25, 0.3) is 0 Å². The molecule has 0 saturated carbocycles. The molecule has 5 rings (SSSR count). The fourth-order valence-electron chi connectivity index (χ4n) is 4.99. The van der Waals surface area contributed by atoms with Gasteiger partial charge in [0.1, 0.15) is 5.69 Å². The molecule has 1 N–H and O–H groups in total. The van der Waals surface area contributed by atoms with Crippen LogP contribution in [0.3, 0.4) is 0 Å². The van der Waals surface area contributed by atoms with E-state index in [9.17, 15) is 13.6 Å². The Morgan fingerprint density at radius 2 is 2.10 bits per heavy atom. The second kappa shape index (κ2) is 8.67. The van der Waals surface area contributed by atoms with Gasteiger partial charge in [-0.15, -0.1) is 12.4 Å². The number of alkyl halides is 2. The second-order valence-corrected chi connectivity index (χ2v) is 8.37. The highest BCUT2D eigenvalue weighted by Crippen LogP contribution is 2.33. The van der Waals surface area contributed by atoms with Crippen molar-refractivity contribution in [2.45, 2.75) is 45.8 Å². The van der Waals surface area contributed by atoms with Crippen molar-refractivity contribution in [2.75, 3.05) is 24.5 Å². The van der Waals surface area contributed by atoms with Gasteiger partial charge in [0.15, 0.2) is 0 Å². The zero-order valence-corrected chi connectivity index (χ0v) is 18.2. The third kappa shape index (κ3) is 3.99. The number of aromatic nitrogens is 2. The first-order chi connectivity index (χ1) is 14.5. The summed E-state index contributed by atoms with van der Waals surface area (Å²) in [6.07, 6.45) is 0.530. The Bertz CT molecular complexity index is 1000. The number of rotatable bonds is 3. The van der Waals surface area contributed by atoms with Gasteiger partial charge in [-0.2, -0.15) is 0 Å². The number of carbonyl (C=O) groups excluding carboxylic acids is 1. The van der Waals surface area contributed by atoms with Crippen molar-refractivity contribution in [1.82, 2.24) is 20.2 Å². The Balaban J connectivity index is 0.00000231. The van der Waals surface area contributed by atoms with Crippen LogP contribution in [0.15, 0.2) is 18.3 Å². The van der Waals surface area contributed by atoms with Gasteiger partial charge in [0, 0.05) is 43.8 Å². The smallest absolute Gasteiger partial charge is 0.280 e. The normalized spacial score (nSPS) is 19.9. The lowest BCUT2D eigenvalue weighted by atomic mass is 9.95. The Morgan fingerprint density at radius 3 is 2.90 bits per heavy atom. The van der Waals surface area contributed by atoms with Crippen LogP contribution in [0, 0.1) is 12.8 Å². The molecular formula is C22H26ClF2N5O. The molecule has 1 fully saturated rings. The molecule has 5 heterocycles. The topological polar surface area (TPSA) is 61.4 Å². The molecule has 3 aliphatic heterocycles. The van der Waals surface area contributed by atoms with Gasteiger partial charge in [-0.1, -0.05) is 0 Å². The van der Waals surface area contributed by atoms with Crippen LogP contribution in [0.4, 0.5) is 14.5 Å². The summed E-state index contributed by atoms with van der Waals surface area (Å²) in [7, 11) is 0. The number of aryl methyl sites for hydroxylation is 1. The number of halogens is 3. The minimum atomic E-state index is -2.59. The van der Waals surface area contributed by atoms with Gasteiger partial charge in [0.05, 0.1) is 18.2 Å². The number of pyridine rings is 2. The fourth-order valence-corrected chi connectivity index (χ4v) is 4.99. The Morgan fingerprint density at radius 1 is 1.26 bits per heavy atom. The summed E-state index contributed by atoms with van der Waals surface area (Å²) in [6, 6.07) is 3.16. The van der Waals surface area contributed by atoms with Crippen LogP contribution < -0.4 is 10.2 Å². The zero-order valence-electron chi connectivity index (χ0n) is 17.4. The minimum absolute atomic E-state index is 0. The number of amides is 1. The van der Waals surface area contributed by atoms with E-state index in [1.807, 2.05) is 9.80 Å². The molecule has 0 aromatic carbocycles. The molecule has 9 heteroatoms. The summed E-state index contributed by atoms with van der Waals surface area (Å²) >= 11 is 0. The van der Waals surface area contributed by atoms with Crippen molar-refractivity contribution >= 4 is 24.0 Å². The van der Waals surface area contributed by atoms with Crippen molar-refractivity contribution in [1.29, 1.82) is 0 Å². The summed E-state index contributed by atoms with van der Waals surface area (Å²) in [5.41, 5.74) is 6.45.